The normalized spacial score (nSPS) is 12.6. The van der Waals surface area contributed by atoms with Gasteiger partial charge in [-0.3, -0.25) is 14.1 Å². The molecule has 1 aromatic carbocycles. The Labute approximate surface area is 306 Å². The number of unbranched alkanes of at least 4 members (excludes halogenated alkanes) is 20. The van der Waals surface area contributed by atoms with E-state index in [1.165, 1.54) is 103 Å². The zero-order valence-corrected chi connectivity index (χ0v) is 33.3. The van der Waals surface area contributed by atoms with Crippen LogP contribution >= 0.6 is 0 Å². The molecule has 1 rings (SSSR count). The third kappa shape index (κ3) is 25.9. The van der Waals surface area contributed by atoms with E-state index in [1.54, 1.807) is 18.2 Å². The largest absolute Gasteiger partial charge is 0.423 e. The van der Waals surface area contributed by atoms with Crippen LogP contribution in [-0.4, -0.2) is 42.7 Å². The van der Waals surface area contributed by atoms with Gasteiger partial charge in [0.25, 0.3) is 10.1 Å². The van der Waals surface area contributed by atoms with Crippen LogP contribution in [0.4, 0.5) is 0 Å². The Morgan fingerprint density at radius 2 is 1.02 bits per heavy atom. The minimum Gasteiger partial charge on any atom is -0.423 e. The molecule has 0 heterocycles. The summed E-state index contributed by atoms with van der Waals surface area (Å²) in [5, 5.41) is 3.30. The predicted molar refractivity (Wildman–Crippen MR) is 207 cm³/mol. The van der Waals surface area contributed by atoms with E-state index >= 15 is 0 Å². The lowest BCUT2D eigenvalue weighted by atomic mass is 9.98. The topological polar surface area (TPSA) is 119 Å². The van der Waals surface area contributed by atoms with Gasteiger partial charge in [-0.2, -0.15) is 8.42 Å². The second-order valence-electron chi connectivity index (χ2n) is 15.3. The molecule has 0 saturated heterocycles. The molecule has 0 aliphatic carbocycles. The van der Waals surface area contributed by atoms with Gasteiger partial charge in [0.1, 0.15) is 0 Å². The lowest BCUT2D eigenvalue weighted by Crippen LogP contribution is -2.39. The number of carbonyl (C=O) groups excluding carboxylic acids is 2. The van der Waals surface area contributed by atoms with E-state index in [0.717, 1.165) is 32.1 Å². The number of esters is 2. The van der Waals surface area contributed by atoms with Crippen LogP contribution in [0.2, 0.25) is 0 Å². The van der Waals surface area contributed by atoms with Crippen LogP contribution in [0.5, 0.6) is 11.5 Å². The van der Waals surface area contributed by atoms with Crippen molar-refractivity contribution in [1.82, 2.24) is 5.32 Å². The molecule has 0 spiro atoms. The molecule has 8 nitrogen and oxygen atoms in total. The fraction of sp³-hybridized carbons (Fsp3) is 0.805. The molecule has 1 atom stereocenters. The summed E-state index contributed by atoms with van der Waals surface area (Å²) in [7, 11) is -4.29. The molecule has 50 heavy (non-hydrogen) atoms. The number of ether oxygens (including phenoxy) is 2. The number of hydrogen-bond acceptors (Lipinski definition) is 7. The number of benzene rings is 1. The molecule has 290 valence electrons. The zero-order valence-electron chi connectivity index (χ0n) is 32.5. The summed E-state index contributed by atoms with van der Waals surface area (Å²) in [6, 6.07) is 4.81. The van der Waals surface area contributed by atoms with Gasteiger partial charge in [-0.1, -0.05) is 148 Å². The van der Waals surface area contributed by atoms with Gasteiger partial charge in [-0.25, -0.2) is 0 Å². The Morgan fingerprint density at radius 3 is 1.40 bits per heavy atom. The highest BCUT2D eigenvalue weighted by Gasteiger charge is 2.24. The number of nitrogens with one attached hydrogen (secondary N) is 1. The summed E-state index contributed by atoms with van der Waals surface area (Å²) in [5.41, 5.74) is 0.271. The van der Waals surface area contributed by atoms with Crippen molar-refractivity contribution in [2.24, 2.45) is 0 Å². The van der Waals surface area contributed by atoms with Crippen LogP contribution in [-0.2, 0) is 19.7 Å². The highest BCUT2D eigenvalue weighted by atomic mass is 32.2. The van der Waals surface area contributed by atoms with Crippen LogP contribution in [0, 0.1) is 0 Å². The number of carbonyl (C=O) groups is 2. The first kappa shape index (κ1) is 46.1. The quantitative estimate of drug-likeness (QED) is 0.0336. The first-order valence-corrected chi connectivity index (χ1v) is 21.7. The first-order valence-electron chi connectivity index (χ1n) is 20.1. The van der Waals surface area contributed by atoms with Crippen molar-refractivity contribution in [3.8, 4) is 11.5 Å². The average molecular weight is 724 g/mol. The molecule has 0 amide bonds. The van der Waals surface area contributed by atoms with Crippen molar-refractivity contribution in [1.29, 1.82) is 0 Å². The molecule has 0 aromatic heterocycles. The summed E-state index contributed by atoms with van der Waals surface area (Å²) in [6.45, 7) is 10.6. The standard InChI is InChI=1S/C41H73NO7S/c1-6-8-10-12-14-16-18-20-22-24-26-28-39(43)48-37-31-30-35(36(34-50(45,46)47)33-42-41(3,4)5)32-38(37)49-40(44)29-27-25-23-21-19-17-15-13-11-9-7-2/h30-32,36,42H,6-29,33-34H2,1-5H3,(H,45,46,47). The monoisotopic (exact) mass is 724 g/mol. The molecule has 0 aliphatic rings. The molecule has 1 unspecified atom stereocenters. The van der Waals surface area contributed by atoms with E-state index in [-0.39, 0.29) is 42.4 Å². The first-order chi connectivity index (χ1) is 23.8. The van der Waals surface area contributed by atoms with Crippen molar-refractivity contribution in [2.75, 3.05) is 12.3 Å². The molecule has 0 aliphatic heterocycles. The maximum atomic E-state index is 13.0. The van der Waals surface area contributed by atoms with Crippen LogP contribution in [0.3, 0.4) is 0 Å². The summed E-state index contributed by atoms with van der Waals surface area (Å²) in [4.78, 5) is 25.8. The Kier molecular flexibility index (Phi) is 25.5. The Morgan fingerprint density at radius 1 is 0.640 bits per heavy atom. The van der Waals surface area contributed by atoms with E-state index < -0.39 is 27.8 Å². The minimum atomic E-state index is -4.29. The van der Waals surface area contributed by atoms with Gasteiger partial charge in [0.2, 0.25) is 0 Å². The second-order valence-corrected chi connectivity index (χ2v) is 16.8. The highest BCUT2D eigenvalue weighted by Crippen LogP contribution is 2.33. The van der Waals surface area contributed by atoms with Gasteiger partial charge >= 0.3 is 11.9 Å². The van der Waals surface area contributed by atoms with Gasteiger partial charge in [-0.05, 0) is 51.3 Å². The molecule has 2 N–H and O–H groups in total. The molecule has 9 heteroatoms. The van der Waals surface area contributed by atoms with E-state index in [1.807, 2.05) is 20.8 Å². The fourth-order valence-electron chi connectivity index (χ4n) is 6.11. The number of rotatable bonds is 31. The lowest BCUT2D eigenvalue weighted by molar-refractivity contribution is -0.137. The van der Waals surface area contributed by atoms with Gasteiger partial charge < -0.3 is 14.8 Å². The van der Waals surface area contributed by atoms with Crippen LogP contribution in [0.25, 0.3) is 0 Å². The molecular formula is C41H73NO7S. The van der Waals surface area contributed by atoms with Crippen molar-refractivity contribution in [3.63, 3.8) is 0 Å². The van der Waals surface area contributed by atoms with Gasteiger partial charge in [0, 0.05) is 30.8 Å². The summed E-state index contributed by atoms with van der Waals surface area (Å²) >= 11 is 0. The van der Waals surface area contributed by atoms with Gasteiger partial charge in [0.05, 0.1) is 5.75 Å². The number of hydrogen-bond donors (Lipinski definition) is 2. The fourth-order valence-corrected chi connectivity index (χ4v) is 6.93. The van der Waals surface area contributed by atoms with Crippen molar-refractivity contribution in [3.05, 3.63) is 23.8 Å². The van der Waals surface area contributed by atoms with Crippen molar-refractivity contribution in [2.45, 2.75) is 200 Å². The van der Waals surface area contributed by atoms with Gasteiger partial charge in [0.15, 0.2) is 11.5 Å². The summed E-state index contributed by atoms with van der Waals surface area (Å²) in [6.07, 6.45) is 26.5. The summed E-state index contributed by atoms with van der Waals surface area (Å²) < 4.78 is 45.0. The summed E-state index contributed by atoms with van der Waals surface area (Å²) in [5.74, 6) is -1.68. The van der Waals surface area contributed by atoms with E-state index in [0.29, 0.717) is 12.0 Å². The SMILES string of the molecule is CCCCCCCCCCCCCC(=O)Oc1ccc(C(CNC(C)(C)C)CS(=O)(=O)O)cc1OC(=O)CCCCCCCCCCCCC. The average Bonchev–Trinajstić information content (AvgIpc) is 3.04. The van der Waals surface area contributed by atoms with E-state index in [4.69, 9.17) is 9.47 Å². The Bertz CT molecular complexity index is 1150. The van der Waals surface area contributed by atoms with Crippen LogP contribution in [0.15, 0.2) is 18.2 Å². The third-order valence-electron chi connectivity index (χ3n) is 9.15. The molecule has 1 aromatic rings. The lowest BCUT2D eigenvalue weighted by Gasteiger charge is -2.25. The van der Waals surface area contributed by atoms with Gasteiger partial charge in [-0.15, -0.1) is 0 Å². The molecule has 0 bridgehead atoms. The van der Waals surface area contributed by atoms with Crippen LogP contribution < -0.4 is 14.8 Å². The van der Waals surface area contributed by atoms with Crippen LogP contribution in [0.1, 0.15) is 200 Å². The maximum Gasteiger partial charge on any atom is 0.311 e. The van der Waals surface area contributed by atoms with Crippen molar-refractivity contribution >= 4 is 22.1 Å². The van der Waals surface area contributed by atoms with E-state index in [9.17, 15) is 22.6 Å². The molecular weight excluding hydrogens is 651 g/mol. The molecule has 0 radical (unpaired) electrons. The highest BCUT2D eigenvalue weighted by molar-refractivity contribution is 7.85. The third-order valence-corrected chi connectivity index (χ3v) is 9.97. The smallest absolute Gasteiger partial charge is 0.311 e. The molecule has 0 saturated carbocycles. The Hall–Kier alpha value is -1.97. The predicted octanol–water partition coefficient (Wildman–Crippen LogP) is 11.3. The van der Waals surface area contributed by atoms with Crippen molar-refractivity contribution < 1.29 is 32.0 Å². The minimum absolute atomic E-state index is 0.0963. The van der Waals surface area contributed by atoms with E-state index in [2.05, 4.69) is 19.2 Å². The second kappa shape index (κ2) is 27.7. The Balaban J connectivity index is 2.76. The maximum absolute atomic E-state index is 13.0. The molecule has 0 fully saturated rings. The zero-order chi connectivity index (χ0) is 37.1.